The molecule has 14 heavy (non-hydrogen) atoms. The molecule has 0 radical (unpaired) electrons. The second-order valence-corrected chi connectivity index (χ2v) is 5.12. The van der Waals surface area contributed by atoms with Crippen LogP contribution in [0.1, 0.15) is 41.0 Å². The van der Waals surface area contributed by atoms with Crippen LogP contribution >= 0.6 is 0 Å². The maximum atomic E-state index is 11.2. The number of hydrogen-bond donors (Lipinski definition) is 2. The third-order valence-electron chi connectivity index (χ3n) is 2.24. The Bertz CT molecular complexity index is 182. The molecule has 0 aliphatic rings. The molecule has 0 aromatic carbocycles. The van der Waals surface area contributed by atoms with E-state index in [0.717, 1.165) is 0 Å². The molecule has 0 aromatic heterocycles. The minimum Gasteiger partial charge on any atom is -0.393 e. The SMILES string of the molecule is CC(C)C(=O)NCCC(O)C(C)(C)C. The van der Waals surface area contributed by atoms with Crippen LogP contribution in [0.3, 0.4) is 0 Å². The molecule has 0 rings (SSSR count). The van der Waals surface area contributed by atoms with Gasteiger partial charge in [0.1, 0.15) is 0 Å². The average molecular weight is 201 g/mol. The highest BCUT2D eigenvalue weighted by Gasteiger charge is 2.21. The fourth-order valence-electron chi connectivity index (χ4n) is 0.969. The summed E-state index contributed by atoms with van der Waals surface area (Å²) in [7, 11) is 0. The molecule has 0 heterocycles. The number of rotatable bonds is 4. The third kappa shape index (κ3) is 5.22. The maximum Gasteiger partial charge on any atom is 0.222 e. The molecule has 0 aromatic rings. The molecule has 0 saturated heterocycles. The molecule has 0 saturated carbocycles. The van der Waals surface area contributed by atoms with Crippen LogP contribution in [0.4, 0.5) is 0 Å². The summed E-state index contributed by atoms with van der Waals surface area (Å²) >= 11 is 0. The second kappa shape index (κ2) is 5.35. The second-order valence-electron chi connectivity index (χ2n) is 5.12. The first-order valence-electron chi connectivity index (χ1n) is 5.21. The molecule has 0 bridgehead atoms. The van der Waals surface area contributed by atoms with Gasteiger partial charge in [-0.05, 0) is 11.8 Å². The van der Waals surface area contributed by atoms with Crippen LogP contribution < -0.4 is 5.32 Å². The van der Waals surface area contributed by atoms with Crippen LogP contribution in [0.2, 0.25) is 0 Å². The highest BCUT2D eigenvalue weighted by atomic mass is 16.3. The van der Waals surface area contributed by atoms with Gasteiger partial charge in [-0.3, -0.25) is 4.79 Å². The van der Waals surface area contributed by atoms with E-state index in [1.807, 2.05) is 34.6 Å². The van der Waals surface area contributed by atoms with Gasteiger partial charge in [0.2, 0.25) is 5.91 Å². The van der Waals surface area contributed by atoms with Crippen LogP contribution in [0.25, 0.3) is 0 Å². The van der Waals surface area contributed by atoms with Crippen LogP contribution in [-0.2, 0) is 4.79 Å². The van der Waals surface area contributed by atoms with Crippen molar-refractivity contribution in [2.75, 3.05) is 6.54 Å². The highest BCUT2D eigenvalue weighted by Crippen LogP contribution is 2.20. The van der Waals surface area contributed by atoms with Gasteiger partial charge in [0.05, 0.1) is 6.10 Å². The molecule has 0 fully saturated rings. The van der Waals surface area contributed by atoms with Gasteiger partial charge in [0.15, 0.2) is 0 Å². The van der Waals surface area contributed by atoms with Gasteiger partial charge >= 0.3 is 0 Å². The summed E-state index contributed by atoms with van der Waals surface area (Å²) in [5, 5.41) is 12.5. The molecule has 0 aliphatic heterocycles. The predicted molar refractivity (Wildman–Crippen MR) is 57.9 cm³/mol. The molecule has 1 atom stereocenters. The minimum absolute atomic E-state index is 0.0155. The van der Waals surface area contributed by atoms with Gasteiger partial charge in [-0.25, -0.2) is 0 Å². The monoisotopic (exact) mass is 201 g/mol. The van der Waals surface area contributed by atoms with E-state index in [-0.39, 0.29) is 23.3 Å². The van der Waals surface area contributed by atoms with Crippen molar-refractivity contribution in [2.24, 2.45) is 11.3 Å². The zero-order chi connectivity index (χ0) is 11.4. The molecule has 1 amide bonds. The zero-order valence-corrected chi connectivity index (χ0v) is 9.92. The van der Waals surface area contributed by atoms with Crippen LogP contribution in [0.15, 0.2) is 0 Å². The summed E-state index contributed by atoms with van der Waals surface area (Å²) in [6, 6.07) is 0. The average Bonchev–Trinajstić information content (AvgIpc) is 2.01. The van der Waals surface area contributed by atoms with E-state index in [0.29, 0.717) is 13.0 Å². The number of carbonyl (C=O) groups is 1. The van der Waals surface area contributed by atoms with E-state index < -0.39 is 0 Å². The Labute approximate surface area is 86.9 Å². The molecule has 84 valence electrons. The summed E-state index contributed by atoms with van der Waals surface area (Å²) in [5.41, 5.74) is -0.109. The van der Waals surface area contributed by atoms with E-state index in [1.165, 1.54) is 0 Å². The fraction of sp³-hybridized carbons (Fsp3) is 0.909. The lowest BCUT2D eigenvalue weighted by Crippen LogP contribution is -2.34. The Hall–Kier alpha value is -0.570. The Morgan fingerprint density at radius 3 is 2.21 bits per heavy atom. The third-order valence-corrected chi connectivity index (χ3v) is 2.24. The number of nitrogens with one attached hydrogen (secondary N) is 1. The highest BCUT2D eigenvalue weighted by molar-refractivity contribution is 5.77. The van der Waals surface area contributed by atoms with E-state index in [4.69, 9.17) is 0 Å². The quantitative estimate of drug-likeness (QED) is 0.725. The first kappa shape index (κ1) is 13.4. The summed E-state index contributed by atoms with van der Waals surface area (Å²) in [5.74, 6) is 0.0629. The van der Waals surface area contributed by atoms with Crippen molar-refractivity contribution in [1.82, 2.24) is 5.32 Å². The molecular weight excluding hydrogens is 178 g/mol. The number of hydrogen-bond acceptors (Lipinski definition) is 2. The van der Waals surface area contributed by atoms with E-state index >= 15 is 0 Å². The van der Waals surface area contributed by atoms with Crippen molar-refractivity contribution in [1.29, 1.82) is 0 Å². The lowest BCUT2D eigenvalue weighted by Gasteiger charge is -2.25. The Kier molecular flexibility index (Phi) is 5.13. The van der Waals surface area contributed by atoms with Crippen LogP contribution in [-0.4, -0.2) is 23.7 Å². The normalized spacial score (nSPS) is 14.2. The Morgan fingerprint density at radius 1 is 1.36 bits per heavy atom. The standard InChI is InChI=1S/C11H23NO2/c1-8(2)10(14)12-7-6-9(13)11(3,4)5/h8-9,13H,6-7H2,1-5H3,(H,12,14). The van der Waals surface area contributed by atoms with Gasteiger partial charge in [-0.2, -0.15) is 0 Å². The molecule has 0 spiro atoms. The molecule has 2 N–H and O–H groups in total. The van der Waals surface area contributed by atoms with Crippen molar-refractivity contribution in [3.8, 4) is 0 Å². The van der Waals surface area contributed by atoms with Crippen molar-refractivity contribution in [3.63, 3.8) is 0 Å². The van der Waals surface area contributed by atoms with E-state index in [2.05, 4.69) is 5.32 Å². The van der Waals surface area contributed by atoms with Crippen LogP contribution in [0.5, 0.6) is 0 Å². The van der Waals surface area contributed by atoms with Crippen molar-refractivity contribution in [2.45, 2.75) is 47.1 Å². The topological polar surface area (TPSA) is 49.3 Å². The summed E-state index contributed by atoms with van der Waals surface area (Å²) in [4.78, 5) is 11.2. The number of aliphatic hydroxyl groups excluding tert-OH is 1. The predicted octanol–water partition coefficient (Wildman–Crippen LogP) is 1.56. The largest absolute Gasteiger partial charge is 0.393 e. The van der Waals surface area contributed by atoms with Gasteiger partial charge in [-0.15, -0.1) is 0 Å². The van der Waals surface area contributed by atoms with Gasteiger partial charge in [0, 0.05) is 12.5 Å². The number of aliphatic hydroxyl groups is 1. The zero-order valence-electron chi connectivity index (χ0n) is 9.92. The van der Waals surface area contributed by atoms with Crippen LogP contribution in [0, 0.1) is 11.3 Å². The molecule has 0 aliphatic carbocycles. The van der Waals surface area contributed by atoms with Gasteiger partial charge < -0.3 is 10.4 Å². The van der Waals surface area contributed by atoms with Crippen molar-refractivity contribution >= 4 is 5.91 Å². The van der Waals surface area contributed by atoms with Gasteiger partial charge in [0.25, 0.3) is 0 Å². The minimum atomic E-state index is -0.366. The number of amides is 1. The molecule has 1 unspecified atom stereocenters. The Balaban J connectivity index is 3.70. The van der Waals surface area contributed by atoms with Gasteiger partial charge in [-0.1, -0.05) is 34.6 Å². The molecule has 3 nitrogen and oxygen atoms in total. The van der Waals surface area contributed by atoms with Crippen molar-refractivity contribution in [3.05, 3.63) is 0 Å². The summed E-state index contributed by atoms with van der Waals surface area (Å²) in [6.07, 6.45) is 0.247. The lowest BCUT2D eigenvalue weighted by molar-refractivity contribution is -0.124. The lowest BCUT2D eigenvalue weighted by atomic mass is 9.87. The molecular formula is C11H23NO2. The molecule has 3 heteroatoms. The summed E-state index contributed by atoms with van der Waals surface area (Å²) in [6.45, 7) is 10.2. The number of carbonyl (C=O) groups excluding carboxylic acids is 1. The maximum absolute atomic E-state index is 11.2. The summed E-state index contributed by atoms with van der Waals surface area (Å²) < 4.78 is 0. The fourth-order valence-corrected chi connectivity index (χ4v) is 0.969. The van der Waals surface area contributed by atoms with E-state index in [1.54, 1.807) is 0 Å². The van der Waals surface area contributed by atoms with E-state index in [9.17, 15) is 9.90 Å². The first-order chi connectivity index (χ1) is 6.25. The first-order valence-corrected chi connectivity index (χ1v) is 5.21. The van der Waals surface area contributed by atoms with Crippen molar-refractivity contribution < 1.29 is 9.90 Å². The smallest absolute Gasteiger partial charge is 0.222 e. The Morgan fingerprint density at radius 2 is 1.86 bits per heavy atom.